The maximum Gasteiger partial charge on any atom is 0.254 e. The molecule has 1 amide bonds. The number of amides is 1. The van der Waals surface area contributed by atoms with Gasteiger partial charge in [-0.05, 0) is 34.5 Å². The van der Waals surface area contributed by atoms with Gasteiger partial charge in [-0.25, -0.2) is 4.98 Å². The van der Waals surface area contributed by atoms with Crippen molar-refractivity contribution in [3.05, 3.63) is 28.5 Å². The van der Waals surface area contributed by atoms with Gasteiger partial charge in [-0.1, -0.05) is 0 Å². The zero-order valence-corrected chi connectivity index (χ0v) is 11.9. The molecular formula is C12H17BrN2O3. The summed E-state index contributed by atoms with van der Waals surface area (Å²) < 4.78 is 10.7. The van der Waals surface area contributed by atoms with E-state index in [4.69, 9.17) is 9.47 Å². The van der Waals surface area contributed by atoms with Crippen LogP contribution in [0.3, 0.4) is 0 Å². The minimum atomic E-state index is -0.133. The molecule has 6 heteroatoms. The molecular weight excluding hydrogens is 300 g/mol. The van der Waals surface area contributed by atoms with Gasteiger partial charge in [0.15, 0.2) is 0 Å². The normalized spacial score (nSPS) is 10.3. The average Bonchev–Trinajstić information content (AvgIpc) is 2.38. The lowest BCUT2D eigenvalue weighted by Gasteiger charge is -2.06. The molecule has 0 aliphatic heterocycles. The summed E-state index contributed by atoms with van der Waals surface area (Å²) in [5, 5.41) is 2.81. The van der Waals surface area contributed by atoms with E-state index in [1.165, 1.54) is 0 Å². The summed E-state index contributed by atoms with van der Waals surface area (Å²) in [4.78, 5) is 15.8. The van der Waals surface area contributed by atoms with E-state index in [1.807, 2.05) is 0 Å². The van der Waals surface area contributed by atoms with Gasteiger partial charge in [0, 0.05) is 26.5 Å². The molecule has 0 bridgehead atoms. The molecule has 1 N–H and O–H groups in total. The molecule has 0 saturated heterocycles. The van der Waals surface area contributed by atoms with Crippen molar-refractivity contribution >= 4 is 21.8 Å². The molecule has 1 heterocycles. The number of rotatable bonds is 8. The predicted molar refractivity (Wildman–Crippen MR) is 71.6 cm³/mol. The fourth-order valence-electron chi connectivity index (χ4n) is 1.27. The third kappa shape index (κ3) is 5.57. The molecule has 0 radical (unpaired) electrons. The molecule has 0 saturated carbocycles. The molecule has 18 heavy (non-hydrogen) atoms. The lowest BCUT2D eigenvalue weighted by molar-refractivity contribution is 0.0688. The Morgan fingerprint density at radius 2 is 2.28 bits per heavy atom. The summed E-state index contributed by atoms with van der Waals surface area (Å²) in [7, 11) is 1.63. The van der Waals surface area contributed by atoms with E-state index in [0.29, 0.717) is 36.5 Å². The Hall–Kier alpha value is -0.980. The van der Waals surface area contributed by atoms with Crippen molar-refractivity contribution in [1.29, 1.82) is 0 Å². The maximum absolute atomic E-state index is 11.8. The fraction of sp³-hybridized carbons (Fsp3) is 0.500. The molecule has 0 aliphatic carbocycles. The summed E-state index contributed by atoms with van der Waals surface area (Å²) in [6.07, 6.45) is 2.40. The van der Waals surface area contributed by atoms with Crippen molar-refractivity contribution in [2.24, 2.45) is 0 Å². The van der Waals surface area contributed by atoms with E-state index in [9.17, 15) is 4.79 Å². The number of halogens is 1. The van der Waals surface area contributed by atoms with Crippen LogP contribution in [0.1, 0.15) is 16.8 Å². The number of aromatic nitrogens is 1. The van der Waals surface area contributed by atoms with Gasteiger partial charge in [0.1, 0.15) is 4.60 Å². The quantitative estimate of drug-likeness (QED) is 0.585. The second-order valence-corrected chi connectivity index (χ2v) is 4.31. The van der Waals surface area contributed by atoms with Gasteiger partial charge in [0.2, 0.25) is 0 Å². The molecule has 0 atom stereocenters. The van der Waals surface area contributed by atoms with Gasteiger partial charge in [-0.15, -0.1) is 0 Å². The highest BCUT2D eigenvalue weighted by molar-refractivity contribution is 9.10. The number of hydrogen-bond donors (Lipinski definition) is 1. The van der Waals surface area contributed by atoms with E-state index < -0.39 is 0 Å². The number of hydrogen-bond acceptors (Lipinski definition) is 4. The van der Waals surface area contributed by atoms with Crippen molar-refractivity contribution < 1.29 is 14.3 Å². The van der Waals surface area contributed by atoms with Crippen molar-refractivity contribution in [3.8, 4) is 0 Å². The first-order valence-electron chi connectivity index (χ1n) is 5.71. The Morgan fingerprint density at radius 1 is 1.44 bits per heavy atom. The van der Waals surface area contributed by atoms with Crippen molar-refractivity contribution in [2.45, 2.75) is 6.42 Å². The van der Waals surface area contributed by atoms with Crippen LogP contribution in [0.2, 0.25) is 0 Å². The standard InChI is InChI=1S/C12H17BrN2O3/c1-17-8-9-18-7-3-6-15-12(16)10-4-2-5-14-11(10)13/h2,4-5H,3,6-9H2,1H3,(H,15,16). The molecule has 1 rings (SSSR count). The Labute approximate surface area is 115 Å². The van der Waals surface area contributed by atoms with Crippen LogP contribution >= 0.6 is 15.9 Å². The fourth-order valence-corrected chi connectivity index (χ4v) is 1.70. The van der Waals surface area contributed by atoms with Crippen molar-refractivity contribution in [1.82, 2.24) is 10.3 Å². The molecule has 0 spiro atoms. The van der Waals surface area contributed by atoms with Crippen LogP contribution in [0, 0.1) is 0 Å². The Bertz CT molecular complexity index is 374. The molecule has 5 nitrogen and oxygen atoms in total. The number of carbonyl (C=O) groups is 1. The largest absolute Gasteiger partial charge is 0.382 e. The minimum absolute atomic E-state index is 0.133. The van der Waals surface area contributed by atoms with Gasteiger partial charge < -0.3 is 14.8 Å². The highest BCUT2D eigenvalue weighted by atomic mass is 79.9. The predicted octanol–water partition coefficient (Wildman–Crippen LogP) is 1.63. The molecule has 100 valence electrons. The summed E-state index contributed by atoms with van der Waals surface area (Å²) >= 11 is 3.24. The molecule has 1 aromatic rings. The highest BCUT2D eigenvalue weighted by Gasteiger charge is 2.08. The minimum Gasteiger partial charge on any atom is -0.382 e. The van der Waals surface area contributed by atoms with Crippen LogP contribution in [0.25, 0.3) is 0 Å². The van der Waals surface area contributed by atoms with E-state index in [2.05, 4.69) is 26.2 Å². The lowest BCUT2D eigenvalue weighted by Crippen LogP contribution is -2.25. The highest BCUT2D eigenvalue weighted by Crippen LogP contribution is 2.11. The zero-order valence-electron chi connectivity index (χ0n) is 10.3. The number of ether oxygens (including phenoxy) is 2. The molecule has 0 aliphatic rings. The van der Waals surface area contributed by atoms with Crippen molar-refractivity contribution in [3.63, 3.8) is 0 Å². The third-order valence-electron chi connectivity index (χ3n) is 2.19. The third-order valence-corrected chi connectivity index (χ3v) is 2.82. The van der Waals surface area contributed by atoms with E-state index in [1.54, 1.807) is 25.4 Å². The zero-order chi connectivity index (χ0) is 13.2. The number of methoxy groups -OCH3 is 1. The molecule has 0 fully saturated rings. The van der Waals surface area contributed by atoms with Crippen molar-refractivity contribution in [2.75, 3.05) is 33.5 Å². The Balaban J connectivity index is 2.16. The smallest absolute Gasteiger partial charge is 0.254 e. The van der Waals surface area contributed by atoms with Gasteiger partial charge in [-0.3, -0.25) is 4.79 Å². The molecule has 0 unspecified atom stereocenters. The monoisotopic (exact) mass is 316 g/mol. The second-order valence-electron chi connectivity index (χ2n) is 3.56. The Morgan fingerprint density at radius 3 is 3.00 bits per heavy atom. The van der Waals surface area contributed by atoms with E-state index in [0.717, 1.165) is 6.42 Å². The first kappa shape index (κ1) is 15.1. The van der Waals surface area contributed by atoms with Gasteiger partial charge >= 0.3 is 0 Å². The van der Waals surface area contributed by atoms with E-state index in [-0.39, 0.29) is 5.91 Å². The number of nitrogens with one attached hydrogen (secondary N) is 1. The van der Waals surface area contributed by atoms with Crippen LogP contribution in [0.15, 0.2) is 22.9 Å². The molecule has 0 aromatic carbocycles. The topological polar surface area (TPSA) is 60.5 Å². The van der Waals surface area contributed by atoms with Crippen LogP contribution in [-0.4, -0.2) is 44.4 Å². The van der Waals surface area contributed by atoms with Crippen LogP contribution in [0.4, 0.5) is 0 Å². The summed E-state index contributed by atoms with van der Waals surface area (Å²) in [6, 6.07) is 3.45. The second kappa shape index (κ2) is 9.02. The first-order chi connectivity index (χ1) is 8.75. The van der Waals surface area contributed by atoms with Gasteiger partial charge in [-0.2, -0.15) is 0 Å². The van der Waals surface area contributed by atoms with Crippen LogP contribution in [-0.2, 0) is 9.47 Å². The molecule has 1 aromatic heterocycles. The van der Waals surface area contributed by atoms with E-state index >= 15 is 0 Å². The summed E-state index contributed by atoms with van der Waals surface area (Å²) in [6.45, 7) is 2.36. The average molecular weight is 317 g/mol. The van der Waals surface area contributed by atoms with Gasteiger partial charge in [0.05, 0.1) is 18.8 Å². The number of nitrogens with zero attached hydrogens (tertiary/aromatic N) is 1. The summed E-state index contributed by atoms with van der Waals surface area (Å²) in [5.41, 5.74) is 0.540. The first-order valence-corrected chi connectivity index (χ1v) is 6.50. The van der Waals surface area contributed by atoms with Gasteiger partial charge in [0.25, 0.3) is 5.91 Å². The van der Waals surface area contributed by atoms with Crippen LogP contribution in [0.5, 0.6) is 0 Å². The number of carbonyl (C=O) groups excluding carboxylic acids is 1. The van der Waals surface area contributed by atoms with Crippen LogP contribution < -0.4 is 5.32 Å². The number of pyridine rings is 1. The lowest BCUT2D eigenvalue weighted by atomic mass is 10.2. The Kier molecular flexibility index (Phi) is 7.55. The SMILES string of the molecule is COCCOCCCNC(=O)c1cccnc1Br. The summed E-state index contributed by atoms with van der Waals surface area (Å²) in [5.74, 6) is -0.133. The maximum atomic E-state index is 11.8.